The Balaban J connectivity index is 3.20. The molecule has 0 heterocycles. The predicted molar refractivity (Wildman–Crippen MR) is 32.7 cm³/mol. The maximum Gasteiger partial charge on any atom is 0.694 e. The number of carbonyl (C=O) groups excluding carboxylic acids is 1. The van der Waals surface area contributed by atoms with E-state index in [4.69, 9.17) is 10.7 Å². The van der Waals surface area contributed by atoms with Crippen molar-refractivity contribution in [2.75, 3.05) is 6.61 Å². The third kappa shape index (κ3) is 5.58. The van der Waals surface area contributed by atoms with Gasteiger partial charge in [-0.2, -0.15) is 0 Å². The fraction of sp³-hybridized carbons (Fsp3) is 0.667. The summed E-state index contributed by atoms with van der Waals surface area (Å²) in [5.41, 5.74) is 1.84. The van der Waals surface area contributed by atoms with Crippen molar-refractivity contribution in [1.82, 2.24) is 5.43 Å². The molecule has 58 valence electrons. The van der Waals surface area contributed by atoms with Gasteiger partial charge in [0.15, 0.2) is 0 Å². The van der Waals surface area contributed by atoms with E-state index in [0.717, 1.165) is 0 Å². The summed E-state index contributed by atoms with van der Waals surface area (Å²) in [7, 11) is -2.61. The van der Waals surface area contributed by atoms with Crippen LogP contribution in [-0.4, -0.2) is 17.4 Å². The highest BCUT2D eigenvalue weighted by Crippen LogP contribution is 2.13. The topological polar surface area (TPSA) is 102 Å². The number of nitrogens with two attached hydrogens (primary N) is 1. The first kappa shape index (κ1) is 9.45. The zero-order chi connectivity index (χ0) is 7.98. The van der Waals surface area contributed by atoms with E-state index in [1.165, 1.54) is 0 Å². The van der Waals surface area contributed by atoms with Crippen LogP contribution in [-0.2, 0) is 13.9 Å². The minimum atomic E-state index is -2.61. The fourth-order valence-electron chi connectivity index (χ4n) is 0.289. The van der Waals surface area contributed by atoms with Gasteiger partial charge in [-0.1, -0.05) is 0 Å². The Bertz CT molecular complexity index is 138. The molecule has 0 saturated heterocycles. The smallest absolute Gasteiger partial charge is 0.294 e. The lowest BCUT2D eigenvalue weighted by Gasteiger charge is -1.91. The van der Waals surface area contributed by atoms with Crippen LogP contribution in [0, 0.1) is 0 Å². The van der Waals surface area contributed by atoms with E-state index in [2.05, 4.69) is 4.52 Å². The summed E-state index contributed by atoms with van der Waals surface area (Å²) in [6, 6.07) is 0. The number of amides is 1. The summed E-state index contributed by atoms with van der Waals surface area (Å²) in [5, 5.41) is 0. The van der Waals surface area contributed by atoms with Crippen LogP contribution >= 0.6 is 8.25 Å². The van der Waals surface area contributed by atoms with Crippen molar-refractivity contribution in [3.63, 3.8) is 0 Å². The van der Waals surface area contributed by atoms with Crippen molar-refractivity contribution in [2.24, 2.45) is 5.84 Å². The van der Waals surface area contributed by atoms with Crippen molar-refractivity contribution >= 4 is 14.2 Å². The summed E-state index contributed by atoms with van der Waals surface area (Å²) in [4.78, 5) is 18.4. The zero-order valence-corrected chi connectivity index (χ0v) is 6.01. The molecule has 1 unspecified atom stereocenters. The predicted octanol–water partition coefficient (Wildman–Crippen LogP) is -0.967. The SMILES string of the molecule is NNC(=O)CCO[P+](=O)O. The highest BCUT2D eigenvalue weighted by Gasteiger charge is 2.12. The van der Waals surface area contributed by atoms with Crippen LogP contribution in [0.3, 0.4) is 0 Å². The van der Waals surface area contributed by atoms with E-state index in [9.17, 15) is 9.36 Å². The second-order valence-electron chi connectivity index (χ2n) is 1.39. The van der Waals surface area contributed by atoms with E-state index >= 15 is 0 Å². The number of hydrogen-bond acceptors (Lipinski definition) is 4. The van der Waals surface area contributed by atoms with Gasteiger partial charge in [0, 0.05) is 4.57 Å². The Morgan fingerprint density at radius 2 is 2.40 bits per heavy atom. The van der Waals surface area contributed by atoms with Gasteiger partial charge in [-0.3, -0.25) is 10.2 Å². The molecule has 0 radical (unpaired) electrons. The Morgan fingerprint density at radius 3 is 2.80 bits per heavy atom. The van der Waals surface area contributed by atoms with Crippen LogP contribution in [0.5, 0.6) is 0 Å². The molecule has 1 amide bonds. The molecule has 0 aliphatic carbocycles. The fourth-order valence-corrected chi connectivity index (χ4v) is 0.536. The number of hydrazine groups is 1. The summed E-state index contributed by atoms with van der Waals surface area (Å²) in [5.74, 6) is 4.27. The summed E-state index contributed by atoms with van der Waals surface area (Å²) < 4.78 is 14.0. The lowest BCUT2D eigenvalue weighted by molar-refractivity contribution is -0.121. The van der Waals surface area contributed by atoms with Gasteiger partial charge in [0.2, 0.25) is 5.91 Å². The molecule has 7 heteroatoms. The van der Waals surface area contributed by atoms with Crippen molar-refractivity contribution < 1.29 is 18.8 Å². The van der Waals surface area contributed by atoms with Crippen LogP contribution in [0.2, 0.25) is 0 Å². The molecular weight excluding hydrogens is 159 g/mol. The molecule has 0 saturated carbocycles. The standard InChI is InChI=1S/C3H7N2O4P/c4-5-3(6)1-2-9-10(7)8/h1-2,4H2,(H-,5,6,7,8)/p+1. The molecule has 0 rings (SSSR count). The van der Waals surface area contributed by atoms with Gasteiger partial charge < -0.3 is 0 Å². The van der Waals surface area contributed by atoms with Crippen LogP contribution in [0.25, 0.3) is 0 Å². The van der Waals surface area contributed by atoms with Crippen molar-refractivity contribution in [2.45, 2.75) is 6.42 Å². The van der Waals surface area contributed by atoms with Crippen LogP contribution in [0.15, 0.2) is 0 Å². The minimum absolute atomic E-state index is 0.0157. The summed E-state index contributed by atoms with van der Waals surface area (Å²) in [6.45, 7) is -0.102. The second-order valence-corrected chi connectivity index (χ2v) is 2.12. The molecule has 0 aromatic heterocycles. The van der Waals surface area contributed by atoms with E-state index in [0.29, 0.717) is 0 Å². The van der Waals surface area contributed by atoms with E-state index < -0.39 is 14.2 Å². The van der Waals surface area contributed by atoms with Crippen molar-refractivity contribution in [1.29, 1.82) is 0 Å². The monoisotopic (exact) mass is 167 g/mol. The molecule has 1 atom stereocenters. The highest BCUT2D eigenvalue weighted by molar-refractivity contribution is 7.32. The van der Waals surface area contributed by atoms with E-state index in [1.807, 2.05) is 5.43 Å². The number of hydrogen-bond donors (Lipinski definition) is 3. The zero-order valence-electron chi connectivity index (χ0n) is 5.11. The van der Waals surface area contributed by atoms with Crippen molar-refractivity contribution in [3.05, 3.63) is 0 Å². The van der Waals surface area contributed by atoms with Crippen LogP contribution < -0.4 is 11.3 Å². The molecule has 0 bridgehead atoms. The van der Waals surface area contributed by atoms with E-state index in [1.54, 1.807) is 0 Å². The first-order valence-electron chi connectivity index (χ1n) is 2.45. The van der Waals surface area contributed by atoms with Gasteiger partial charge in [-0.15, -0.1) is 9.42 Å². The third-order valence-corrected chi connectivity index (χ3v) is 1.10. The maximum atomic E-state index is 10.3. The second kappa shape index (κ2) is 5.25. The van der Waals surface area contributed by atoms with Gasteiger partial charge in [0.25, 0.3) is 0 Å². The van der Waals surface area contributed by atoms with Gasteiger partial charge >= 0.3 is 8.25 Å². The Kier molecular flexibility index (Phi) is 4.96. The first-order valence-corrected chi connectivity index (χ1v) is 3.58. The number of carbonyl (C=O) groups is 1. The molecule has 6 nitrogen and oxygen atoms in total. The number of rotatable bonds is 4. The molecule has 0 aliphatic heterocycles. The Labute approximate surface area is 58.3 Å². The van der Waals surface area contributed by atoms with Crippen LogP contribution in [0.1, 0.15) is 6.42 Å². The van der Waals surface area contributed by atoms with Crippen LogP contribution in [0.4, 0.5) is 0 Å². The lowest BCUT2D eigenvalue weighted by atomic mass is 10.4. The normalized spacial score (nSPS) is 10.8. The largest absolute Gasteiger partial charge is 0.694 e. The Morgan fingerprint density at radius 1 is 1.80 bits per heavy atom. The number of nitrogens with one attached hydrogen (secondary N) is 1. The summed E-state index contributed by atoms with van der Waals surface area (Å²) in [6.07, 6.45) is -0.0157. The highest BCUT2D eigenvalue weighted by atomic mass is 31.1. The average molecular weight is 167 g/mol. The molecule has 0 aliphatic rings. The molecular formula is C3H8N2O4P+. The lowest BCUT2D eigenvalue weighted by Crippen LogP contribution is -2.30. The molecule has 0 spiro atoms. The average Bonchev–Trinajstić information content (AvgIpc) is 1.87. The molecule has 10 heavy (non-hydrogen) atoms. The van der Waals surface area contributed by atoms with Gasteiger partial charge in [0.1, 0.15) is 6.61 Å². The third-order valence-electron chi connectivity index (χ3n) is 0.692. The Hall–Kier alpha value is -0.550. The molecule has 0 fully saturated rings. The minimum Gasteiger partial charge on any atom is -0.294 e. The molecule has 0 aromatic carbocycles. The molecule has 0 aromatic rings. The van der Waals surface area contributed by atoms with Gasteiger partial charge in [-0.25, -0.2) is 5.84 Å². The quantitative estimate of drug-likeness (QED) is 0.216. The van der Waals surface area contributed by atoms with Crippen molar-refractivity contribution in [3.8, 4) is 0 Å². The van der Waals surface area contributed by atoms with E-state index in [-0.39, 0.29) is 13.0 Å². The molecule has 4 N–H and O–H groups in total. The summed E-state index contributed by atoms with van der Waals surface area (Å²) >= 11 is 0. The van der Waals surface area contributed by atoms with Gasteiger partial charge in [-0.05, 0) is 0 Å². The van der Waals surface area contributed by atoms with Gasteiger partial charge in [0.05, 0.1) is 6.42 Å². The first-order chi connectivity index (χ1) is 4.66. The maximum absolute atomic E-state index is 10.3.